The number of unbranched alkanes of at least 4 members (excludes halogenated alkanes) is 4. The predicted octanol–water partition coefficient (Wildman–Crippen LogP) is 10.4. The molecule has 0 nitrogen and oxygen atoms in total. The van der Waals surface area contributed by atoms with Gasteiger partial charge in [-0.1, -0.05) is 76.2 Å². The van der Waals surface area contributed by atoms with Crippen molar-refractivity contribution in [2.45, 2.75) is 110 Å². The van der Waals surface area contributed by atoms with E-state index in [2.05, 4.69) is 6.92 Å². The molecule has 0 bridgehead atoms. The standard InChI is InChI=1S/C32H43F3/c1-3-5-7-8-10-11-22-13-14-24-20-25(16-15-23(24)19-22)28-18-17-26-21-27(12-9-6-4-2)30(33)32(35)29(26)31(28)34/h4,6,17-18,21-25H,3,5,7-16,19-20H2,1-2H3/b6-4+. The van der Waals surface area contributed by atoms with Crippen molar-refractivity contribution in [1.29, 1.82) is 0 Å². The summed E-state index contributed by atoms with van der Waals surface area (Å²) in [6.45, 7) is 4.17. The van der Waals surface area contributed by atoms with Gasteiger partial charge in [-0.25, -0.2) is 13.2 Å². The van der Waals surface area contributed by atoms with E-state index in [-0.39, 0.29) is 11.3 Å². The van der Waals surface area contributed by atoms with Gasteiger partial charge in [-0.3, -0.25) is 0 Å². The Labute approximate surface area is 210 Å². The Hall–Kier alpha value is -1.77. The predicted molar refractivity (Wildman–Crippen MR) is 141 cm³/mol. The molecule has 2 aliphatic carbocycles. The molecule has 2 saturated carbocycles. The molecule has 4 unspecified atom stereocenters. The van der Waals surface area contributed by atoms with Crippen LogP contribution < -0.4 is 0 Å². The van der Waals surface area contributed by atoms with Crippen molar-refractivity contribution in [2.24, 2.45) is 17.8 Å². The number of benzene rings is 2. The number of aryl methyl sites for hydroxylation is 1. The molecular weight excluding hydrogens is 441 g/mol. The van der Waals surface area contributed by atoms with Gasteiger partial charge in [-0.15, -0.1) is 0 Å². The third-order valence-corrected chi connectivity index (χ3v) is 8.92. The lowest BCUT2D eigenvalue weighted by molar-refractivity contribution is 0.112. The fraction of sp³-hybridized carbons (Fsp3) is 0.625. The van der Waals surface area contributed by atoms with Crippen molar-refractivity contribution in [3.63, 3.8) is 0 Å². The summed E-state index contributed by atoms with van der Waals surface area (Å²) in [4.78, 5) is 0. The smallest absolute Gasteiger partial charge is 0.169 e. The second kappa shape index (κ2) is 12.5. The quantitative estimate of drug-likeness (QED) is 0.232. The molecule has 0 heterocycles. The lowest BCUT2D eigenvalue weighted by atomic mass is 9.63. The molecule has 0 radical (unpaired) electrons. The molecule has 4 rings (SSSR count). The summed E-state index contributed by atoms with van der Waals surface area (Å²) in [7, 11) is 0. The van der Waals surface area contributed by atoms with Crippen LogP contribution in [-0.4, -0.2) is 0 Å². The van der Waals surface area contributed by atoms with Crippen LogP contribution in [0.1, 0.15) is 114 Å². The minimum atomic E-state index is -1.02. The average Bonchev–Trinajstić information content (AvgIpc) is 2.86. The zero-order chi connectivity index (χ0) is 24.8. The van der Waals surface area contributed by atoms with E-state index in [9.17, 15) is 4.39 Å². The van der Waals surface area contributed by atoms with Crippen molar-refractivity contribution >= 4 is 10.8 Å². The molecule has 2 fully saturated rings. The highest BCUT2D eigenvalue weighted by molar-refractivity contribution is 5.85. The summed E-state index contributed by atoms with van der Waals surface area (Å²) < 4.78 is 45.4. The van der Waals surface area contributed by atoms with Crippen molar-refractivity contribution in [1.82, 2.24) is 0 Å². The highest BCUT2D eigenvalue weighted by Crippen LogP contribution is 2.49. The van der Waals surface area contributed by atoms with Crippen molar-refractivity contribution in [2.75, 3.05) is 0 Å². The van der Waals surface area contributed by atoms with E-state index in [0.29, 0.717) is 35.3 Å². The molecule has 2 aliphatic rings. The number of halogens is 3. The fourth-order valence-electron chi connectivity index (χ4n) is 6.92. The average molecular weight is 485 g/mol. The Kier molecular flexibility index (Phi) is 9.36. The molecule has 192 valence electrons. The Bertz CT molecular complexity index is 1010. The molecule has 2 aromatic rings. The van der Waals surface area contributed by atoms with Gasteiger partial charge in [0.05, 0.1) is 5.39 Å². The molecule has 35 heavy (non-hydrogen) atoms. The SMILES string of the molecule is C/C=C/CCc1cc2ccc(C3CCC4CC(CCCCCCC)CCC4C3)c(F)c2c(F)c1F. The van der Waals surface area contributed by atoms with Crippen molar-refractivity contribution < 1.29 is 13.2 Å². The molecule has 4 atom stereocenters. The first kappa shape index (κ1) is 26.3. The van der Waals surface area contributed by atoms with Crippen LogP contribution in [0.25, 0.3) is 10.8 Å². The van der Waals surface area contributed by atoms with Crippen LogP contribution in [0.4, 0.5) is 13.2 Å². The minimum absolute atomic E-state index is 0.114. The van der Waals surface area contributed by atoms with Gasteiger partial charge in [0.15, 0.2) is 11.6 Å². The molecule has 0 saturated heterocycles. The van der Waals surface area contributed by atoms with E-state index in [0.717, 1.165) is 31.1 Å². The van der Waals surface area contributed by atoms with Gasteiger partial charge in [0.1, 0.15) is 5.82 Å². The van der Waals surface area contributed by atoms with Gasteiger partial charge in [0.25, 0.3) is 0 Å². The molecule has 0 N–H and O–H groups in total. The Morgan fingerprint density at radius 1 is 0.857 bits per heavy atom. The first-order valence-electron chi connectivity index (χ1n) is 14.2. The van der Waals surface area contributed by atoms with Crippen molar-refractivity contribution in [3.8, 4) is 0 Å². The van der Waals surface area contributed by atoms with Gasteiger partial charge in [0.2, 0.25) is 0 Å². The molecule has 0 aliphatic heterocycles. The summed E-state index contributed by atoms with van der Waals surface area (Å²) in [6.07, 6.45) is 20.0. The van der Waals surface area contributed by atoms with Gasteiger partial charge in [-0.05, 0) is 98.1 Å². The zero-order valence-corrected chi connectivity index (χ0v) is 21.7. The van der Waals surface area contributed by atoms with Crippen LogP contribution >= 0.6 is 0 Å². The largest absolute Gasteiger partial charge is 0.206 e. The first-order valence-corrected chi connectivity index (χ1v) is 14.2. The van der Waals surface area contributed by atoms with E-state index >= 15 is 8.78 Å². The van der Waals surface area contributed by atoms with Crippen LogP contribution in [0.5, 0.6) is 0 Å². The lowest BCUT2D eigenvalue weighted by Gasteiger charge is -2.42. The zero-order valence-electron chi connectivity index (χ0n) is 21.7. The summed E-state index contributed by atoms with van der Waals surface area (Å²) in [5.74, 6) is -0.0637. The van der Waals surface area contributed by atoms with E-state index in [1.165, 1.54) is 57.8 Å². The lowest BCUT2D eigenvalue weighted by Crippen LogP contribution is -2.30. The summed E-state index contributed by atoms with van der Waals surface area (Å²) in [5.41, 5.74) is 0.914. The molecule has 0 amide bonds. The van der Waals surface area contributed by atoms with E-state index < -0.39 is 17.5 Å². The van der Waals surface area contributed by atoms with Crippen molar-refractivity contribution in [3.05, 3.63) is 58.9 Å². The van der Waals surface area contributed by atoms with E-state index in [1.807, 2.05) is 25.1 Å². The van der Waals surface area contributed by atoms with Crippen LogP contribution in [0.15, 0.2) is 30.4 Å². The number of fused-ring (bicyclic) bond motifs is 2. The van der Waals surface area contributed by atoms with Crippen LogP contribution in [0.3, 0.4) is 0 Å². The molecular formula is C32H43F3. The van der Waals surface area contributed by atoms with E-state index in [4.69, 9.17) is 0 Å². The van der Waals surface area contributed by atoms with Crippen LogP contribution in [-0.2, 0) is 6.42 Å². The van der Waals surface area contributed by atoms with Gasteiger partial charge in [-0.2, -0.15) is 0 Å². The topological polar surface area (TPSA) is 0 Å². The number of allylic oxidation sites excluding steroid dienone is 2. The maximum absolute atomic E-state index is 15.6. The van der Waals surface area contributed by atoms with E-state index in [1.54, 1.807) is 12.1 Å². The van der Waals surface area contributed by atoms with Crippen LogP contribution in [0.2, 0.25) is 0 Å². The Morgan fingerprint density at radius 2 is 1.63 bits per heavy atom. The number of rotatable bonds is 10. The molecule has 2 aromatic carbocycles. The Balaban J connectivity index is 1.42. The maximum atomic E-state index is 15.6. The highest BCUT2D eigenvalue weighted by atomic mass is 19.2. The molecule has 3 heteroatoms. The van der Waals surface area contributed by atoms with Gasteiger partial charge < -0.3 is 0 Å². The normalized spacial score (nSPS) is 24.8. The van der Waals surface area contributed by atoms with Gasteiger partial charge >= 0.3 is 0 Å². The summed E-state index contributed by atoms with van der Waals surface area (Å²) >= 11 is 0. The second-order valence-electron chi connectivity index (χ2n) is 11.3. The molecule has 0 spiro atoms. The Morgan fingerprint density at radius 3 is 2.43 bits per heavy atom. The molecule has 0 aromatic heterocycles. The van der Waals surface area contributed by atoms with Crippen LogP contribution in [0, 0.1) is 35.2 Å². The summed E-state index contributed by atoms with van der Waals surface area (Å²) in [5, 5.41) is 0.303. The number of hydrogen-bond acceptors (Lipinski definition) is 0. The fourth-order valence-corrected chi connectivity index (χ4v) is 6.92. The third kappa shape index (κ3) is 6.15. The first-order chi connectivity index (χ1) is 17.0. The van der Waals surface area contributed by atoms with Gasteiger partial charge in [0, 0.05) is 0 Å². The number of hydrogen-bond donors (Lipinski definition) is 0. The third-order valence-electron chi connectivity index (χ3n) is 8.92. The maximum Gasteiger partial charge on any atom is 0.169 e. The monoisotopic (exact) mass is 484 g/mol. The second-order valence-corrected chi connectivity index (χ2v) is 11.3. The minimum Gasteiger partial charge on any atom is -0.206 e. The summed E-state index contributed by atoms with van der Waals surface area (Å²) in [6, 6.07) is 5.28. The highest BCUT2D eigenvalue weighted by Gasteiger charge is 2.37.